The van der Waals surface area contributed by atoms with E-state index in [4.69, 9.17) is 16.0 Å². The standard InChI is InChI=1S/C22H13ClF3NO3/c1-11-2-5-17-13(8-11)14(21(28)29)10-18(27-17)20-7-6-19(30-20)15-9-12(22(24,25)26)3-4-16(15)23/h2-10H,1H3,(H,28,29). The van der Waals surface area contributed by atoms with Gasteiger partial charge in [0.15, 0.2) is 5.76 Å². The highest BCUT2D eigenvalue weighted by Crippen LogP contribution is 2.38. The molecule has 30 heavy (non-hydrogen) atoms. The Balaban J connectivity index is 1.83. The average Bonchev–Trinajstić information content (AvgIpc) is 3.16. The average molecular weight is 432 g/mol. The highest BCUT2D eigenvalue weighted by atomic mass is 35.5. The number of pyridine rings is 1. The second-order valence-corrected chi connectivity index (χ2v) is 7.14. The zero-order valence-corrected chi connectivity index (χ0v) is 16.2. The maximum Gasteiger partial charge on any atom is 0.416 e. The van der Waals surface area contributed by atoms with E-state index in [0.717, 1.165) is 23.8 Å². The van der Waals surface area contributed by atoms with E-state index in [0.29, 0.717) is 10.9 Å². The number of aromatic nitrogens is 1. The minimum atomic E-state index is -4.52. The number of nitrogens with zero attached hydrogens (tertiary/aromatic N) is 1. The van der Waals surface area contributed by atoms with Gasteiger partial charge >= 0.3 is 12.1 Å². The number of carbonyl (C=O) groups is 1. The lowest BCUT2D eigenvalue weighted by atomic mass is 10.0. The van der Waals surface area contributed by atoms with Crippen LogP contribution in [0.4, 0.5) is 13.2 Å². The van der Waals surface area contributed by atoms with Crippen molar-refractivity contribution in [2.75, 3.05) is 0 Å². The number of aryl methyl sites for hydroxylation is 1. The molecule has 2 aromatic heterocycles. The summed E-state index contributed by atoms with van der Waals surface area (Å²) in [6.07, 6.45) is -4.52. The fraction of sp³-hybridized carbons (Fsp3) is 0.0909. The molecule has 2 aromatic carbocycles. The van der Waals surface area contributed by atoms with Crippen molar-refractivity contribution in [3.63, 3.8) is 0 Å². The quantitative estimate of drug-likeness (QED) is 0.385. The van der Waals surface area contributed by atoms with Gasteiger partial charge in [0.2, 0.25) is 0 Å². The number of carboxylic acid groups (broad SMARTS) is 1. The highest BCUT2D eigenvalue weighted by molar-refractivity contribution is 6.33. The van der Waals surface area contributed by atoms with E-state index in [1.807, 2.05) is 6.92 Å². The van der Waals surface area contributed by atoms with Crippen molar-refractivity contribution in [2.45, 2.75) is 13.1 Å². The maximum absolute atomic E-state index is 13.0. The third-order valence-corrected chi connectivity index (χ3v) is 4.94. The lowest BCUT2D eigenvalue weighted by molar-refractivity contribution is -0.137. The molecular weight excluding hydrogens is 419 g/mol. The third-order valence-electron chi connectivity index (χ3n) is 4.61. The fourth-order valence-electron chi connectivity index (χ4n) is 3.15. The highest BCUT2D eigenvalue weighted by Gasteiger charge is 2.31. The zero-order chi connectivity index (χ0) is 21.6. The Labute approximate surface area is 173 Å². The molecule has 2 heterocycles. The number of aromatic carboxylic acids is 1. The summed E-state index contributed by atoms with van der Waals surface area (Å²) in [5.74, 6) is -0.797. The summed E-state index contributed by atoms with van der Waals surface area (Å²) in [7, 11) is 0. The monoisotopic (exact) mass is 431 g/mol. The van der Waals surface area contributed by atoms with Gasteiger partial charge in [0.1, 0.15) is 11.5 Å². The van der Waals surface area contributed by atoms with Crippen molar-refractivity contribution >= 4 is 28.5 Å². The number of alkyl halides is 3. The summed E-state index contributed by atoms with van der Waals surface area (Å²) in [6, 6.07) is 12.5. The van der Waals surface area contributed by atoms with Gasteiger partial charge in [0.05, 0.1) is 21.7 Å². The van der Waals surface area contributed by atoms with Gasteiger partial charge in [-0.2, -0.15) is 13.2 Å². The predicted molar refractivity (Wildman–Crippen MR) is 107 cm³/mol. The molecule has 152 valence electrons. The Morgan fingerprint density at radius 1 is 1.03 bits per heavy atom. The van der Waals surface area contributed by atoms with Crippen LogP contribution in [0.25, 0.3) is 33.7 Å². The Morgan fingerprint density at radius 2 is 1.77 bits per heavy atom. The molecule has 0 atom stereocenters. The number of benzene rings is 2. The molecule has 4 rings (SSSR count). The zero-order valence-electron chi connectivity index (χ0n) is 15.4. The molecule has 0 fully saturated rings. The molecule has 0 saturated heterocycles. The van der Waals surface area contributed by atoms with Crippen LogP contribution in [0.1, 0.15) is 21.5 Å². The summed E-state index contributed by atoms with van der Waals surface area (Å²) in [4.78, 5) is 16.2. The summed E-state index contributed by atoms with van der Waals surface area (Å²) in [6.45, 7) is 1.84. The second kappa shape index (κ2) is 7.18. The molecule has 4 nitrogen and oxygen atoms in total. The van der Waals surface area contributed by atoms with E-state index in [1.165, 1.54) is 18.2 Å². The first kappa shape index (κ1) is 20.0. The van der Waals surface area contributed by atoms with Crippen LogP contribution in [0, 0.1) is 6.92 Å². The number of carboxylic acids is 1. The number of halogens is 4. The Bertz CT molecular complexity index is 1290. The van der Waals surface area contributed by atoms with E-state index in [9.17, 15) is 23.1 Å². The summed E-state index contributed by atoms with van der Waals surface area (Å²) in [5.41, 5.74) is 0.872. The summed E-state index contributed by atoms with van der Waals surface area (Å²) >= 11 is 6.08. The predicted octanol–water partition coefficient (Wildman–Crippen LogP) is 6.84. The van der Waals surface area contributed by atoms with E-state index in [1.54, 1.807) is 18.2 Å². The molecule has 0 aliphatic carbocycles. The Morgan fingerprint density at radius 3 is 2.47 bits per heavy atom. The first-order chi connectivity index (χ1) is 14.1. The van der Waals surface area contributed by atoms with Crippen molar-refractivity contribution in [1.29, 1.82) is 0 Å². The normalized spacial score (nSPS) is 11.8. The van der Waals surface area contributed by atoms with Crippen LogP contribution in [-0.2, 0) is 6.18 Å². The molecule has 1 N–H and O–H groups in total. The molecule has 0 aliphatic heterocycles. The van der Waals surface area contributed by atoms with Gasteiger partial charge in [-0.15, -0.1) is 0 Å². The number of furan rings is 1. The topological polar surface area (TPSA) is 63.3 Å². The van der Waals surface area contributed by atoms with Gasteiger partial charge in [-0.3, -0.25) is 0 Å². The van der Waals surface area contributed by atoms with Crippen LogP contribution in [0.5, 0.6) is 0 Å². The van der Waals surface area contributed by atoms with Gasteiger partial charge in [0.25, 0.3) is 0 Å². The minimum absolute atomic E-state index is 0.0498. The number of hydrogen-bond acceptors (Lipinski definition) is 3. The van der Waals surface area contributed by atoms with E-state index >= 15 is 0 Å². The minimum Gasteiger partial charge on any atom is -0.478 e. The van der Waals surface area contributed by atoms with Crippen LogP contribution in [-0.4, -0.2) is 16.1 Å². The molecule has 0 aliphatic rings. The molecule has 8 heteroatoms. The summed E-state index contributed by atoms with van der Waals surface area (Å²) in [5, 5.41) is 10.2. The lowest BCUT2D eigenvalue weighted by Gasteiger charge is -2.09. The number of rotatable bonds is 3. The van der Waals surface area contributed by atoms with Gasteiger partial charge in [-0.1, -0.05) is 23.2 Å². The van der Waals surface area contributed by atoms with Crippen LogP contribution < -0.4 is 0 Å². The van der Waals surface area contributed by atoms with Crippen LogP contribution in [0.15, 0.2) is 59.0 Å². The largest absolute Gasteiger partial charge is 0.478 e. The molecule has 0 saturated carbocycles. The van der Waals surface area contributed by atoms with Gasteiger partial charge in [-0.05, 0) is 55.5 Å². The molecular formula is C22H13ClF3NO3. The van der Waals surface area contributed by atoms with Gasteiger partial charge in [-0.25, -0.2) is 9.78 Å². The molecule has 0 spiro atoms. The first-order valence-corrected chi connectivity index (χ1v) is 9.13. The molecule has 4 aromatic rings. The molecule has 0 amide bonds. The lowest BCUT2D eigenvalue weighted by Crippen LogP contribution is -2.04. The summed E-state index contributed by atoms with van der Waals surface area (Å²) < 4.78 is 44.8. The first-order valence-electron chi connectivity index (χ1n) is 8.75. The van der Waals surface area contributed by atoms with Gasteiger partial charge < -0.3 is 9.52 Å². The Kier molecular flexibility index (Phi) is 4.78. The van der Waals surface area contributed by atoms with Crippen LogP contribution in [0.2, 0.25) is 5.02 Å². The molecule has 0 bridgehead atoms. The van der Waals surface area contributed by atoms with Crippen molar-refractivity contribution in [3.05, 3.63) is 76.3 Å². The van der Waals surface area contributed by atoms with E-state index < -0.39 is 17.7 Å². The Hall–Kier alpha value is -3.32. The maximum atomic E-state index is 13.0. The van der Waals surface area contributed by atoms with Crippen molar-refractivity contribution < 1.29 is 27.5 Å². The van der Waals surface area contributed by atoms with Crippen LogP contribution in [0.3, 0.4) is 0 Å². The van der Waals surface area contributed by atoms with Crippen molar-refractivity contribution in [3.8, 4) is 22.8 Å². The smallest absolute Gasteiger partial charge is 0.416 e. The third kappa shape index (κ3) is 3.64. The van der Waals surface area contributed by atoms with E-state index in [-0.39, 0.29) is 33.4 Å². The number of hydrogen-bond donors (Lipinski definition) is 1. The van der Waals surface area contributed by atoms with Crippen LogP contribution >= 0.6 is 11.6 Å². The van der Waals surface area contributed by atoms with Crippen molar-refractivity contribution in [1.82, 2.24) is 4.98 Å². The van der Waals surface area contributed by atoms with E-state index in [2.05, 4.69) is 4.98 Å². The number of fused-ring (bicyclic) bond motifs is 1. The fourth-order valence-corrected chi connectivity index (χ4v) is 3.36. The SMILES string of the molecule is Cc1ccc2nc(-c3ccc(-c4cc(C(F)(F)F)ccc4Cl)o3)cc(C(=O)O)c2c1. The van der Waals surface area contributed by atoms with Crippen molar-refractivity contribution in [2.24, 2.45) is 0 Å². The molecule has 0 radical (unpaired) electrons. The second-order valence-electron chi connectivity index (χ2n) is 6.74. The molecule has 0 unspecified atom stereocenters. The van der Waals surface area contributed by atoms with Gasteiger partial charge in [0, 0.05) is 10.9 Å².